The molecular weight excluding hydrogens is 102 g/mol. The highest BCUT2D eigenvalue weighted by Crippen LogP contribution is 2.52. The molecule has 2 nitrogen and oxygen atoms in total. The van der Waals surface area contributed by atoms with Crippen molar-refractivity contribution in [2.24, 2.45) is 11.1 Å². The number of hydrogen-bond acceptors (Lipinski definition) is 2. The summed E-state index contributed by atoms with van der Waals surface area (Å²) in [6.07, 6.45) is 0.955. The predicted molar refractivity (Wildman–Crippen MR) is 32.4 cm³/mol. The maximum absolute atomic E-state index is 8.68. The van der Waals surface area contributed by atoms with Crippen LogP contribution < -0.4 is 5.73 Å². The van der Waals surface area contributed by atoms with Crippen LogP contribution in [0.15, 0.2) is 0 Å². The Hall–Kier alpha value is -0.0800. The highest BCUT2D eigenvalue weighted by molar-refractivity contribution is 5.14. The Morgan fingerprint density at radius 3 is 2.00 bits per heavy atom. The third-order valence-electron chi connectivity index (χ3n) is 2.26. The third-order valence-corrected chi connectivity index (χ3v) is 2.26. The smallest absolute Gasteiger partial charge is 0.0616 e. The van der Waals surface area contributed by atoms with Crippen molar-refractivity contribution in [1.29, 1.82) is 0 Å². The molecule has 0 saturated heterocycles. The molecule has 1 aliphatic carbocycles. The standard InChI is InChI=1S/C6H13NO/c1-5(2)3-6(5,7)4-8/h8H,3-4,7H2,1-2H3/t6-/m1/s1. The minimum atomic E-state index is -0.257. The Morgan fingerprint density at radius 2 is 2.00 bits per heavy atom. The van der Waals surface area contributed by atoms with Crippen LogP contribution in [0.2, 0.25) is 0 Å². The van der Waals surface area contributed by atoms with E-state index in [4.69, 9.17) is 10.8 Å². The summed E-state index contributed by atoms with van der Waals surface area (Å²) in [6.45, 7) is 4.27. The monoisotopic (exact) mass is 115 g/mol. The van der Waals surface area contributed by atoms with E-state index in [2.05, 4.69) is 13.8 Å². The quantitative estimate of drug-likeness (QED) is 0.509. The maximum Gasteiger partial charge on any atom is 0.0616 e. The normalized spacial score (nSPS) is 42.0. The van der Waals surface area contributed by atoms with Gasteiger partial charge >= 0.3 is 0 Å². The van der Waals surface area contributed by atoms with Crippen molar-refractivity contribution < 1.29 is 5.11 Å². The van der Waals surface area contributed by atoms with Gasteiger partial charge in [0.05, 0.1) is 6.61 Å². The molecule has 0 heterocycles. The summed E-state index contributed by atoms with van der Waals surface area (Å²) in [7, 11) is 0. The maximum atomic E-state index is 8.68. The molecule has 0 amide bonds. The van der Waals surface area contributed by atoms with Crippen LogP contribution in [0.1, 0.15) is 20.3 Å². The largest absolute Gasteiger partial charge is 0.394 e. The summed E-state index contributed by atoms with van der Waals surface area (Å²) < 4.78 is 0. The van der Waals surface area contributed by atoms with Crippen LogP contribution in [0.25, 0.3) is 0 Å². The fraction of sp³-hybridized carbons (Fsp3) is 1.00. The molecule has 1 atom stereocenters. The Labute approximate surface area is 49.7 Å². The van der Waals surface area contributed by atoms with Crippen LogP contribution in [0.5, 0.6) is 0 Å². The molecule has 1 aliphatic rings. The predicted octanol–water partition coefficient (Wildman–Crippen LogP) is 0.106. The summed E-state index contributed by atoms with van der Waals surface area (Å²) in [5, 5.41) is 8.68. The lowest BCUT2D eigenvalue weighted by atomic mass is 10.1. The second-order valence-electron chi connectivity index (χ2n) is 3.37. The first-order chi connectivity index (χ1) is 3.52. The first-order valence-corrected chi connectivity index (χ1v) is 2.92. The van der Waals surface area contributed by atoms with E-state index in [-0.39, 0.29) is 17.6 Å². The van der Waals surface area contributed by atoms with Gasteiger partial charge in [-0.25, -0.2) is 0 Å². The van der Waals surface area contributed by atoms with Gasteiger partial charge < -0.3 is 10.8 Å². The lowest BCUT2D eigenvalue weighted by Gasteiger charge is -2.09. The average Bonchev–Trinajstić information content (AvgIpc) is 2.10. The second-order valence-corrected chi connectivity index (χ2v) is 3.37. The van der Waals surface area contributed by atoms with Gasteiger partial charge in [-0.1, -0.05) is 13.8 Å². The summed E-state index contributed by atoms with van der Waals surface area (Å²) in [6, 6.07) is 0. The van der Waals surface area contributed by atoms with Gasteiger partial charge in [0.15, 0.2) is 0 Å². The minimum absolute atomic E-state index is 0.125. The fourth-order valence-corrected chi connectivity index (χ4v) is 1.01. The zero-order valence-electron chi connectivity index (χ0n) is 5.44. The molecule has 0 unspecified atom stereocenters. The lowest BCUT2D eigenvalue weighted by Crippen LogP contribution is -2.32. The van der Waals surface area contributed by atoms with Crippen molar-refractivity contribution in [3.8, 4) is 0 Å². The van der Waals surface area contributed by atoms with E-state index in [1.807, 2.05) is 0 Å². The van der Waals surface area contributed by atoms with Gasteiger partial charge in [0.1, 0.15) is 0 Å². The Kier molecular flexibility index (Phi) is 0.946. The number of aliphatic hydroxyl groups excluding tert-OH is 1. The first-order valence-electron chi connectivity index (χ1n) is 2.92. The van der Waals surface area contributed by atoms with Gasteiger partial charge in [0, 0.05) is 5.54 Å². The van der Waals surface area contributed by atoms with Gasteiger partial charge in [-0.3, -0.25) is 0 Å². The molecule has 0 bridgehead atoms. The minimum Gasteiger partial charge on any atom is -0.394 e. The number of aliphatic hydroxyl groups is 1. The Bertz CT molecular complexity index is 111. The van der Waals surface area contributed by atoms with Crippen molar-refractivity contribution >= 4 is 0 Å². The number of nitrogens with two attached hydrogens (primary N) is 1. The number of hydrogen-bond donors (Lipinski definition) is 2. The second kappa shape index (κ2) is 1.25. The summed E-state index contributed by atoms with van der Waals surface area (Å²) >= 11 is 0. The molecular formula is C6H13NO. The van der Waals surface area contributed by atoms with Crippen LogP contribution in [0, 0.1) is 5.41 Å². The lowest BCUT2D eigenvalue weighted by molar-refractivity contribution is 0.234. The van der Waals surface area contributed by atoms with Crippen LogP contribution in [0.4, 0.5) is 0 Å². The van der Waals surface area contributed by atoms with Crippen LogP contribution in [-0.2, 0) is 0 Å². The molecule has 1 saturated carbocycles. The van der Waals surface area contributed by atoms with Gasteiger partial charge in [0.2, 0.25) is 0 Å². The molecule has 48 valence electrons. The zero-order valence-corrected chi connectivity index (χ0v) is 5.44. The molecule has 0 aromatic rings. The zero-order chi connectivity index (χ0) is 6.41. The topological polar surface area (TPSA) is 46.2 Å². The van der Waals surface area contributed by atoms with E-state index in [1.54, 1.807) is 0 Å². The first kappa shape index (κ1) is 6.05. The van der Waals surface area contributed by atoms with Gasteiger partial charge in [-0.05, 0) is 11.8 Å². The van der Waals surface area contributed by atoms with Crippen molar-refractivity contribution in [2.75, 3.05) is 6.61 Å². The Morgan fingerprint density at radius 1 is 1.62 bits per heavy atom. The molecule has 8 heavy (non-hydrogen) atoms. The van der Waals surface area contributed by atoms with Crippen molar-refractivity contribution in [1.82, 2.24) is 0 Å². The van der Waals surface area contributed by atoms with Crippen LogP contribution in [0.3, 0.4) is 0 Å². The van der Waals surface area contributed by atoms with E-state index in [0.29, 0.717) is 0 Å². The van der Waals surface area contributed by atoms with E-state index in [9.17, 15) is 0 Å². The van der Waals surface area contributed by atoms with E-state index in [1.165, 1.54) is 0 Å². The van der Waals surface area contributed by atoms with Gasteiger partial charge in [0.25, 0.3) is 0 Å². The molecule has 1 rings (SSSR count). The van der Waals surface area contributed by atoms with Crippen molar-refractivity contribution in [3.63, 3.8) is 0 Å². The van der Waals surface area contributed by atoms with E-state index < -0.39 is 0 Å². The molecule has 0 aromatic carbocycles. The highest BCUT2D eigenvalue weighted by atomic mass is 16.3. The van der Waals surface area contributed by atoms with Gasteiger partial charge in [-0.2, -0.15) is 0 Å². The van der Waals surface area contributed by atoms with Gasteiger partial charge in [-0.15, -0.1) is 0 Å². The van der Waals surface area contributed by atoms with E-state index in [0.717, 1.165) is 6.42 Å². The summed E-state index contributed by atoms with van der Waals surface area (Å²) in [4.78, 5) is 0. The molecule has 1 fully saturated rings. The molecule has 2 heteroatoms. The van der Waals surface area contributed by atoms with Crippen molar-refractivity contribution in [3.05, 3.63) is 0 Å². The third kappa shape index (κ3) is 0.565. The number of rotatable bonds is 1. The molecule has 0 aromatic heterocycles. The average molecular weight is 115 g/mol. The molecule has 0 spiro atoms. The van der Waals surface area contributed by atoms with Crippen LogP contribution in [-0.4, -0.2) is 17.3 Å². The fourth-order valence-electron chi connectivity index (χ4n) is 1.01. The molecule has 0 aliphatic heterocycles. The summed E-state index contributed by atoms with van der Waals surface area (Å²) in [5.41, 5.74) is 5.60. The highest BCUT2D eigenvalue weighted by Gasteiger charge is 2.57. The van der Waals surface area contributed by atoms with Crippen molar-refractivity contribution in [2.45, 2.75) is 25.8 Å². The SMILES string of the molecule is CC1(C)C[C@@]1(N)CO. The molecule has 0 radical (unpaired) electrons. The summed E-state index contributed by atoms with van der Waals surface area (Å²) in [5.74, 6) is 0. The van der Waals surface area contributed by atoms with Crippen LogP contribution >= 0.6 is 0 Å². The Balaban J connectivity index is 2.55. The van der Waals surface area contributed by atoms with E-state index >= 15 is 0 Å². The molecule has 3 N–H and O–H groups in total.